The fourth-order valence-electron chi connectivity index (χ4n) is 2.96. The van der Waals surface area contributed by atoms with Crippen molar-refractivity contribution in [2.75, 3.05) is 25.1 Å². The Morgan fingerprint density at radius 3 is 2.65 bits per heavy atom. The lowest BCUT2D eigenvalue weighted by Crippen LogP contribution is -2.41. The van der Waals surface area contributed by atoms with Crippen LogP contribution in [-0.2, 0) is 9.59 Å². The lowest BCUT2D eigenvalue weighted by molar-refractivity contribution is -0.131. The van der Waals surface area contributed by atoms with Crippen LogP contribution in [0.1, 0.15) is 24.9 Å². The van der Waals surface area contributed by atoms with Crippen LogP contribution in [0.5, 0.6) is 5.75 Å². The van der Waals surface area contributed by atoms with E-state index < -0.39 is 0 Å². The van der Waals surface area contributed by atoms with Crippen molar-refractivity contribution in [3.05, 3.63) is 59.9 Å². The molecule has 1 unspecified atom stereocenters. The fourth-order valence-corrected chi connectivity index (χ4v) is 2.96. The molecule has 6 heteroatoms. The number of benzene rings is 2. The molecular weight excluding hydrogens is 335 g/mol. The maximum absolute atomic E-state index is 13.1. The van der Waals surface area contributed by atoms with E-state index >= 15 is 0 Å². The largest absolute Gasteiger partial charge is 0.482 e. The molecule has 26 heavy (non-hydrogen) atoms. The minimum Gasteiger partial charge on any atom is -0.482 e. The van der Waals surface area contributed by atoms with Crippen LogP contribution in [0.2, 0.25) is 0 Å². The molecule has 1 aliphatic heterocycles. The first kappa shape index (κ1) is 17.9. The summed E-state index contributed by atoms with van der Waals surface area (Å²) in [5.41, 5.74) is 1.54. The highest BCUT2D eigenvalue weighted by Gasteiger charge is 2.26. The molecule has 0 aliphatic carbocycles. The number of anilines is 1. The standard InChI is InChI=1S/C20H21FN2O3/c1-14(15-7-9-16(21)10-8-15)22(2)19(24)11-12-23-17-5-3-4-6-18(17)26-13-20(23)25/h3-10,14H,11-13H2,1-2H3. The van der Waals surface area contributed by atoms with Crippen LogP contribution in [0.4, 0.5) is 10.1 Å². The average molecular weight is 356 g/mol. The van der Waals surface area contributed by atoms with Gasteiger partial charge in [0, 0.05) is 20.0 Å². The molecule has 1 atom stereocenters. The predicted octanol–water partition coefficient (Wildman–Crippen LogP) is 3.16. The van der Waals surface area contributed by atoms with Crippen molar-refractivity contribution >= 4 is 17.5 Å². The number of fused-ring (bicyclic) bond motifs is 1. The van der Waals surface area contributed by atoms with Gasteiger partial charge in [-0.2, -0.15) is 0 Å². The van der Waals surface area contributed by atoms with E-state index in [2.05, 4.69) is 0 Å². The minimum atomic E-state index is -0.306. The van der Waals surface area contributed by atoms with Gasteiger partial charge in [0.05, 0.1) is 11.7 Å². The number of nitrogens with zero attached hydrogens (tertiary/aromatic N) is 2. The predicted molar refractivity (Wildman–Crippen MR) is 96.5 cm³/mol. The zero-order chi connectivity index (χ0) is 18.7. The van der Waals surface area contributed by atoms with Crippen molar-refractivity contribution < 1.29 is 18.7 Å². The molecule has 3 rings (SSSR count). The Bertz CT molecular complexity index is 807. The fraction of sp³-hybridized carbons (Fsp3) is 0.300. The van der Waals surface area contributed by atoms with Crippen LogP contribution in [0.3, 0.4) is 0 Å². The molecule has 0 aromatic heterocycles. The Kier molecular flexibility index (Phi) is 5.21. The van der Waals surface area contributed by atoms with Gasteiger partial charge in [0.15, 0.2) is 6.61 Å². The lowest BCUT2D eigenvalue weighted by atomic mass is 10.1. The number of hydrogen-bond acceptors (Lipinski definition) is 3. The molecule has 136 valence electrons. The Balaban J connectivity index is 1.65. The first-order valence-corrected chi connectivity index (χ1v) is 8.50. The number of amides is 2. The highest BCUT2D eigenvalue weighted by molar-refractivity contribution is 5.98. The molecule has 2 aromatic rings. The van der Waals surface area contributed by atoms with E-state index in [4.69, 9.17) is 4.74 Å². The monoisotopic (exact) mass is 356 g/mol. The molecule has 0 bridgehead atoms. The molecule has 0 fully saturated rings. The zero-order valence-electron chi connectivity index (χ0n) is 14.8. The third-order valence-electron chi connectivity index (χ3n) is 4.68. The van der Waals surface area contributed by atoms with Crippen molar-refractivity contribution in [2.24, 2.45) is 0 Å². The Hall–Kier alpha value is -2.89. The molecule has 0 saturated heterocycles. The van der Waals surface area contributed by atoms with Gasteiger partial charge in [-0.3, -0.25) is 9.59 Å². The van der Waals surface area contributed by atoms with Gasteiger partial charge >= 0.3 is 0 Å². The summed E-state index contributed by atoms with van der Waals surface area (Å²) in [5, 5.41) is 0. The van der Waals surface area contributed by atoms with Crippen molar-refractivity contribution in [1.82, 2.24) is 4.90 Å². The molecule has 0 saturated carbocycles. The second-order valence-corrected chi connectivity index (χ2v) is 6.28. The average Bonchev–Trinajstić information content (AvgIpc) is 2.66. The number of carbonyl (C=O) groups is 2. The molecule has 1 aliphatic rings. The number of ether oxygens (including phenoxy) is 1. The van der Waals surface area contributed by atoms with Gasteiger partial charge in [0.2, 0.25) is 5.91 Å². The molecule has 5 nitrogen and oxygen atoms in total. The van der Waals surface area contributed by atoms with E-state index in [-0.39, 0.29) is 36.7 Å². The molecular formula is C20H21FN2O3. The highest BCUT2D eigenvalue weighted by atomic mass is 19.1. The number of rotatable bonds is 5. The summed E-state index contributed by atoms with van der Waals surface area (Å²) >= 11 is 0. The van der Waals surface area contributed by atoms with Crippen LogP contribution in [-0.4, -0.2) is 36.9 Å². The first-order chi connectivity index (χ1) is 12.5. The highest BCUT2D eigenvalue weighted by Crippen LogP contribution is 2.31. The van der Waals surface area contributed by atoms with Gasteiger partial charge in [-0.05, 0) is 36.8 Å². The summed E-state index contributed by atoms with van der Waals surface area (Å²) in [4.78, 5) is 27.9. The van der Waals surface area contributed by atoms with E-state index in [0.29, 0.717) is 18.0 Å². The zero-order valence-corrected chi connectivity index (χ0v) is 14.8. The van der Waals surface area contributed by atoms with Gasteiger partial charge in [0.25, 0.3) is 5.91 Å². The summed E-state index contributed by atoms with van der Waals surface area (Å²) in [6.07, 6.45) is 0.197. The van der Waals surface area contributed by atoms with E-state index in [1.165, 1.54) is 12.1 Å². The van der Waals surface area contributed by atoms with Crippen molar-refractivity contribution in [3.63, 3.8) is 0 Å². The van der Waals surface area contributed by atoms with Crippen molar-refractivity contribution in [2.45, 2.75) is 19.4 Å². The first-order valence-electron chi connectivity index (χ1n) is 8.50. The quantitative estimate of drug-likeness (QED) is 0.827. The number of hydrogen-bond donors (Lipinski definition) is 0. The summed E-state index contributed by atoms with van der Waals surface area (Å²) in [6.45, 7) is 2.16. The second kappa shape index (κ2) is 7.56. The summed E-state index contributed by atoms with van der Waals surface area (Å²) in [5.74, 6) is 0.0938. The number of halogens is 1. The van der Waals surface area contributed by atoms with Crippen LogP contribution in [0.25, 0.3) is 0 Å². The van der Waals surface area contributed by atoms with Crippen LogP contribution < -0.4 is 9.64 Å². The molecule has 0 N–H and O–H groups in total. The van der Waals surface area contributed by atoms with Gasteiger partial charge in [-0.1, -0.05) is 24.3 Å². The SMILES string of the molecule is CC(c1ccc(F)cc1)N(C)C(=O)CCN1C(=O)COc2ccccc21. The summed E-state index contributed by atoms with van der Waals surface area (Å²) in [7, 11) is 1.71. The third-order valence-corrected chi connectivity index (χ3v) is 4.68. The maximum atomic E-state index is 13.1. The van der Waals surface area contributed by atoms with Crippen LogP contribution in [0, 0.1) is 5.82 Å². The molecule has 0 spiro atoms. The Morgan fingerprint density at radius 1 is 1.23 bits per heavy atom. The van der Waals surface area contributed by atoms with Gasteiger partial charge < -0.3 is 14.5 Å². The number of para-hydroxylation sites is 2. The molecule has 1 heterocycles. The normalized spacial score (nSPS) is 14.4. The van der Waals surface area contributed by atoms with Crippen LogP contribution >= 0.6 is 0 Å². The van der Waals surface area contributed by atoms with Gasteiger partial charge in [0.1, 0.15) is 11.6 Å². The van der Waals surface area contributed by atoms with E-state index in [9.17, 15) is 14.0 Å². The molecule has 0 radical (unpaired) electrons. The van der Waals surface area contributed by atoms with Crippen LogP contribution in [0.15, 0.2) is 48.5 Å². The van der Waals surface area contributed by atoms with E-state index in [0.717, 1.165) is 5.56 Å². The maximum Gasteiger partial charge on any atom is 0.265 e. The summed E-state index contributed by atoms with van der Waals surface area (Å²) < 4.78 is 18.5. The van der Waals surface area contributed by atoms with Crippen molar-refractivity contribution in [3.8, 4) is 5.75 Å². The second-order valence-electron chi connectivity index (χ2n) is 6.28. The molecule has 2 aromatic carbocycles. The Labute approximate surface area is 152 Å². The lowest BCUT2D eigenvalue weighted by Gasteiger charge is -2.30. The smallest absolute Gasteiger partial charge is 0.265 e. The van der Waals surface area contributed by atoms with E-state index in [1.807, 2.05) is 25.1 Å². The van der Waals surface area contributed by atoms with Crippen molar-refractivity contribution in [1.29, 1.82) is 0 Å². The van der Waals surface area contributed by atoms with Gasteiger partial charge in [-0.25, -0.2) is 4.39 Å². The Morgan fingerprint density at radius 2 is 1.92 bits per heavy atom. The third kappa shape index (κ3) is 3.69. The molecule has 2 amide bonds. The summed E-state index contributed by atoms with van der Waals surface area (Å²) in [6, 6.07) is 13.2. The topological polar surface area (TPSA) is 49.9 Å². The minimum absolute atomic E-state index is 0.0208. The van der Waals surface area contributed by atoms with E-state index in [1.54, 1.807) is 35.0 Å². The van der Waals surface area contributed by atoms with Gasteiger partial charge in [-0.15, -0.1) is 0 Å². The number of carbonyl (C=O) groups excluding carboxylic acids is 2.